The number of thioether (sulfide) groups is 1. The highest BCUT2D eigenvalue weighted by Gasteiger charge is 2.39. The number of carbonyl (C=O) groups is 1. The van der Waals surface area contributed by atoms with Crippen molar-refractivity contribution in [2.45, 2.75) is 43.5 Å². The zero-order valence-electron chi connectivity index (χ0n) is 14.6. The lowest BCUT2D eigenvalue weighted by molar-refractivity contribution is -0.131. The lowest BCUT2D eigenvalue weighted by atomic mass is 10.1. The fourth-order valence-corrected chi connectivity index (χ4v) is 3.95. The van der Waals surface area contributed by atoms with E-state index in [9.17, 15) is 22.4 Å². The Morgan fingerprint density at radius 2 is 2.11 bits per heavy atom. The number of thiocarbonyl (C=S) groups is 1. The Balaban J connectivity index is 2.88. The molecule has 0 radical (unpaired) electrons. The molecule has 1 heterocycles. The van der Waals surface area contributed by atoms with Gasteiger partial charge in [0.1, 0.15) is 11.2 Å². The maximum Gasteiger partial charge on any atom is 0.404 e. The van der Waals surface area contributed by atoms with Gasteiger partial charge in [-0.05, 0) is 44.1 Å². The summed E-state index contributed by atoms with van der Waals surface area (Å²) in [4.78, 5) is 16.7. The topological polar surface area (TPSA) is 42.4 Å². The van der Waals surface area contributed by atoms with E-state index in [1.165, 1.54) is 24.0 Å². The number of halogens is 5. The van der Waals surface area contributed by atoms with E-state index in [2.05, 4.69) is 4.98 Å². The maximum absolute atomic E-state index is 13.3. The maximum atomic E-state index is 13.3. The van der Waals surface area contributed by atoms with E-state index in [4.69, 9.17) is 28.6 Å². The van der Waals surface area contributed by atoms with Crippen molar-refractivity contribution in [2.24, 2.45) is 0 Å². The first-order valence-corrected chi connectivity index (χ1v) is 9.71. The second-order valence-electron chi connectivity index (χ2n) is 5.45. The summed E-state index contributed by atoms with van der Waals surface area (Å²) in [5.41, 5.74) is 0. The highest BCUT2D eigenvalue weighted by molar-refractivity contribution is 8.23. The molecule has 0 saturated carbocycles. The van der Waals surface area contributed by atoms with Gasteiger partial charge < -0.3 is 4.74 Å². The summed E-state index contributed by atoms with van der Waals surface area (Å²) in [5.74, 6) is -1.10. The summed E-state index contributed by atoms with van der Waals surface area (Å²) in [7, 11) is 0. The van der Waals surface area contributed by atoms with Gasteiger partial charge in [-0.25, -0.2) is 4.98 Å². The largest absolute Gasteiger partial charge is 0.479 e. The first-order valence-electron chi connectivity index (χ1n) is 7.99. The number of carbonyl (C=O) groups excluding carboxylic acids is 1. The van der Waals surface area contributed by atoms with Crippen LogP contribution in [0.15, 0.2) is 18.2 Å². The highest BCUT2D eigenvalue weighted by atomic mass is 35.5. The van der Waals surface area contributed by atoms with Crippen LogP contribution >= 0.6 is 35.6 Å². The molecular weight excluding hydrogens is 428 g/mol. The number of pyridine rings is 1. The van der Waals surface area contributed by atoms with Crippen LogP contribution in [0.25, 0.3) is 0 Å². The Labute approximate surface area is 169 Å². The van der Waals surface area contributed by atoms with Crippen molar-refractivity contribution >= 4 is 51.7 Å². The second kappa shape index (κ2) is 11.0. The van der Waals surface area contributed by atoms with Crippen LogP contribution in [0.2, 0.25) is 0 Å². The Hall–Kier alpha value is -1.13. The zero-order chi connectivity index (χ0) is 20.6. The van der Waals surface area contributed by atoms with Gasteiger partial charge in [-0.3, -0.25) is 9.69 Å². The summed E-state index contributed by atoms with van der Waals surface area (Å²) in [6.45, 7) is 3.28. The standard InChI is InChI=1S/C16H19ClF4N2O2S2/c1-3-25-15(26)27-11(9-12(17)16(19,20)21)7-8-23(10(2)24)14-6-4-5-13(18)22-14/h4-6,11-12H,3,7-9H2,1-2H3. The number of ether oxygens (including phenoxy) is 1. The van der Waals surface area contributed by atoms with E-state index in [0.29, 0.717) is 0 Å². The molecule has 0 aliphatic heterocycles. The number of hydrogen-bond donors (Lipinski definition) is 0. The molecule has 4 nitrogen and oxygen atoms in total. The Morgan fingerprint density at radius 1 is 1.44 bits per heavy atom. The van der Waals surface area contributed by atoms with E-state index < -0.39 is 35.1 Å². The summed E-state index contributed by atoms with van der Waals surface area (Å²) >= 11 is 11.4. The molecule has 27 heavy (non-hydrogen) atoms. The minimum atomic E-state index is -4.56. The first-order chi connectivity index (χ1) is 12.5. The van der Waals surface area contributed by atoms with Gasteiger partial charge in [-0.15, -0.1) is 11.6 Å². The van der Waals surface area contributed by atoms with E-state index in [0.717, 1.165) is 17.8 Å². The molecule has 0 spiro atoms. The van der Waals surface area contributed by atoms with Gasteiger partial charge in [0, 0.05) is 18.7 Å². The fourth-order valence-electron chi connectivity index (χ4n) is 2.13. The third kappa shape index (κ3) is 8.61. The van der Waals surface area contributed by atoms with Gasteiger partial charge in [-0.2, -0.15) is 17.6 Å². The van der Waals surface area contributed by atoms with Crippen LogP contribution in [0.1, 0.15) is 26.7 Å². The Bertz CT molecular complexity index is 649. The molecule has 1 rings (SSSR count). The van der Waals surface area contributed by atoms with Crippen molar-refractivity contribution in [3.8, 4) is 0 Å². The van der Waals surface area contributed by atoms with Crippen LogP contribution < -0.4 is 4.90 Å². The van der Waals surface area contributed by atoms with E-state index in [1.807, 2.05) is 0 Å². The van der Waals surface area contributed by atoms with Gasteiger partial charge in [0.15, 0.2) is 0 Å². The van der Waals surface area contributed by atoms with Crippen LogP contribution in [-0.2, 0) is 9.53 Å². The third-order valence-electron chi connectivity index (χ3n) is 3.38. The van der Waals surface area contributed by atoms with Gasteiger partial charge in [-0.1, -0.05) is 17.8 Å². The summed E-state index contributed by atoms with van der Waals surface area (Å²) in [6, 6.07) is 3.96. The number of hydrogen-bond acceptors (Lipinski definition) is 5. The molecule has 152 valence electrons. The fraction of sp³-hybridized carbons (Fsp3) is 0.562. The summed E-state index contributed by atoms with van der Waals surface area (Å²) in [6.07, 6.45) is -4.84. The van der Waals surface area contributed by atoms with E-state index in [-0.39, 0.29) is 29.8 Å². The number of alkyl halides is 4. The molecular formula is C16H19ClF4N2O2S2. The van der Waals surface area contributed by atoms with E-state index >= 15 is 0 Å². The highest BCUT2D eigenvalue weighted by Crippen LogP contribution is 2.33. The van der Waals surface area contributed by atoms with Crippen molar-refractivity contribution < 1.29 is 27.1 Å². The first kappa shape index (κ1) is 23.9. The quantitative estimate of drug-likeness (QED) is 0.245. The predicted octanol–water partition coefficient (Wildman–Crippen LogP) is 4.95. The minimum absolute atomic E-state index is 0.0274. The molecule has 0 aliphatic rings. The second-order valence-corrected chi connectivity index (χ2v) is 7.87. The Kier molecular flexibility index (Phi) is 9.75. The molecule has 1 aromatic heterocycles. The zero-order valence-corrected chi connectivity index (χ0v) is 17.0. The van der Waals surface area contributed by atoms with Crippen LogP contribution in [-0.4, -0.2) is 45.2 Å². The molecule has 2 atom stereocenters. The molecule has 1 amide bonds. The van der Waals surface area contributed by atoms with Gasteiger partial charge in [0.25, 0.3) is 0 Å². The van der Waals surface area contributed by atoms with Crippen molar-refractivity contribution in [1.29, 1.82) is 0 Å². The average Bonchev–Trinajstić information content (AvgIpc) is 2.53. The minimum Gasteiger partial charge on any atom is -0.479 e. The van der Waals surface area contributed by atoms with Crippen molar-refractivity contribution in [3.05, 3.63) is 24.1 Å². The molecule has 0 bridgehead atoms. The molecule has 2 unspecified atom stereocenters. The SMILES string of the molecule is CCOC(=S)SC(CCN(C(C)=O)c1cccc(F)n1)CC(Cl)C(F)(F)F. The molecule has 1 aromatic rings. The van der Waals surface area contributed by atoms with Crippen LogP contribution in [0.4, 0.5) is 23.4 Å². The molecule has 0 fully saturated rings. The van der Waals surface area contributed by atoms with Crippen LogP contribution in [0, 0.1) is 5.95 Å². The lowest BCUT2D eigenvalue weighted by Crippen LogP contribution is -2.34. The normalized spacial score (nSPS) is 13.7. The van der Waals surface area contributed by atoms with Crippen molar-refractivity contribution in [2.75, 3.05) is 18.1 Å². The molecule has 0 aromatic carbocycles. The van der Waals surface area contributed by atoms with Crippen LogP contribution in [0.3, 0.4) is 0 Å². The molecule has 0 N–H and O–H groups in total. The number of amides is 1. The molecule has 0 saturated heterocycles. The monoisotopic (exact) mass is 446 g/mol. The van der Waals surface area contributed by atoms with Crippen LogP contribution in [0.5, 0.6) is 0 Å². The molecule has 11 heteroatoms. The smallest absolute Gasteiger partial charge is 0.404 e. The average molecular weight is 447 g/mol. The lowest BCUT2D eigenvalue weighted by Gasteiger charge is -2.25. The number of nitrogens with zero attached hydrogens (tertiary/aromatic N) is 2. The third-order valence-corrected chi connectivity index (χ3v) is 5.29. The van der Waals surface area contributed by atoms with E-state index in [1.54, 1.807) is 6.92 Å². The van der Waals surface area contributed by atoms with Gasteiger partial charge in [0.05, 0.1) is 6.61 Å². The molecule has 0 aliphatic carbocycles. The predicted molar refractivity (Wildman–Crippen MR) is 103 cm³/mol. The van der Waals surface area contributed by atoms with Gasteiger partial charge in [0.2, 0.25) is 16.2 Å². The number of aromatic nitrogens is 1. The number of rotatable bonds is 8. The Morgan fingerprint density at radius 3 is 2.63 bits per heavy atom. The van der Waals surface area contributed by atoms with Crippen molar-refractivity contribution in [1.82, 2.24) is 4.98 Å². The number of anilines is 1. The summed E-state index contributed by atoms with van der Waals surface area (Å²) < 4.78 is 57.0. The van der Waals surface area contributed by atoms with Gasteiger partial charge >= 0.3 is 6.18 Å². The summed E-state index contributed by atoms with van der Waals surface area (Å²) in [5, 5.41) is -2.71. The van der Waals surface area contributed by atoms with Crippen molar-refractivity contribution in [3.63, 3.8) is 0 Å².